The van der Waals surface area contributed by atoms with Gasteiger partial charge < -0.3 is 16.4 Å². The molecule has 0 radical (unpaired) electrons. The van der Waals surface area contributed by atoms with Gasteiger partial charge in [-0.2, -0.15) is 0 Å². The zero-order chi connectivity index (χ0) is 59.6. The van der Waals surface area contributed by atoms with E-state index in [1.807, 2.05) is 48.5 Å². The molecule has 6 heteroatoms. The number of benzene rings is 12. The summed E-state index contributed by atoms with van der Waals surface area (Å²) in [4.78, 5) is 11.9. The second-order valence-corrected chi connectivity index (χ2v) is 22.5. The van der Waals surface area contributed by atoms with Gasteiger partial charge in [0.05, 0.1) is 16.3 Å². The Balaban J connectivity index is 0.000000179. The first-order valence-electron chi connectivity index (χ1n) is 29.3. The Bertz CT molecular complexity index is 3810. The van der Waals surface area contributed by atoms with Gasteiger partial charge in [0, 0.05) is 39.1 Å². The molecule has 0 aliphatic heterocycles. The average molecular weight is 1120 g/mol. The van der Waals surface area contributed by atoms with Gasteiger partial charge in [-0.25, -0.2) is 0 Å². The number of rotatable bonds is 17. The van der Waals surface area contributed by atoms with E-state index in [0.717, 1.165) is 50.4 Å². The number of nitrogens with two attached hydrogens (primary N) is 1. The van der Waals surface area contributed by atoms with E-state index in [9.17, 15) is 10.1 Å². The predicted octanol–water partition coefficient (Wildman–Crippen LogP) is 19.8. The van der Waals surface area contributed by atoms with Crippen LogP contribution in [-0.2, 0) is 21.7 Å². The Morgan fingerprint density at radius 3 is 0.733 bits per heavy atom. The number of anilines is 5. The second kappa shape index (κ2) is 25.1. The standard InChI is InChI=1S/C40H34N2O2.C40H36N2/c1-39(30-18-7-3-8-19-30,31-20-9-4-10-21-31)34-26-17-27-35(38(34)41-36-28-15-16-29-37(36)42(43)44)40(2,32-22-11-5-12-23-32)33-24-13-6-14-25-33;1-39(30-18-7-3-8-19-30,31-20-9-4-10-21-31)34-26-17-27-35(38(34)42-37-29-16-15-28-36(37)41)40(2,32-22-11-5-12-23-32)33-24-13-6-14-25-33/h3-29,41H,1-2H3;3-29,42H,41H2,1-2H3. The molecule has 0 heterocycles. The number of nitrogens with one attached hydrogen (secondary N) is 2. The fraction of sp³-hybridized carbons (Fsp3) is 0.100. The third-order valence-electron chi connectivity index (χ3n) is 17.7. The van der Waals surface area contributed by atoms with Gasteiger partial charge in [-0.3, -0.25) is 10.1 Å². The molecular formula is C80H70N4O2. The third kappa shape index (κ3) is 11.0. The number of hydrogen-bond donors (Lipinski definition) is 3. The predicted molar refractivity (Wildman–Crippen MR) is 357 cm³/mol. The van der Waals surface area contributed by atoms with Crippen LogP contribution < -0.4 is 16.4 Å². The van der Waals surface area contributed by atoms with Crippen molar-refractivity contribution in [1.82, 2.24) is 0 Å². The molecule has 0 aromatic heterocycles. The van der Waals surface area contributed by atoms with E-state index < -0.39 is 21.7 Å². The summed E-state index contributed by atoms with van der Waals surface area (Å²) >= 11 is 0. The lowest BCUT2D eigenvalue weighted by molar-refractivity contribution is -0.383. The van der Waals surface area contributed by atoms with Crippen LogP contribution in [0, 0.1) is 10.1 Å². The van der Waals surface area contributed by atoms with Crippen molar-refractivity contribution >= 4 is 34.1 Å². The molecule has 86 heavy (non-hydrogen) atoms. The molecule has 422 valence electrons. The molecule has 4 N–H and O–H groups in total. The van der Waals surface area contributed by atoms with Crippen LogP contribution in [0.1, 0.15) is 94.5 Å². The molecule has 12 aromatic carbocycles. The maximum absolute atomic E-state index is 12.2. The van der Waals surface area contributed by atoms with Crippen molar-refractivity contribution in [1.29, 1.82) is 0 Å². The van der Waals surface area contributed by atoms with E-state index in [2.05, 4.69) is 299 Å². The Morgan fingerprint density at radius 1 is 0.279 bits per heavy atom. The van der Waals surface area contributed by atoms with Crippen molar-refractivity contribution in [2.45, 2.75) is 49.4 Å². The summed E-state index contributed by atoms with van der Waals surface area (Å²) in [6, 6.07) is 113. The first-order valence-corrected chi connectivity index (χ1v) is 29.3. The second-order valence-electron chi connectivity index (χ2n) is 22.5. The molecule has 0 aliphatic carbocycles. The number of hydrogen-bond acceptors (Lipinski definition) is 5. The summed E-state index contributed by atoms with van der Waals surface area (Å²) < 4.78 is 0. The molecule has 0 saturated carbocycles. The van der Waals surface area contributed by atoms with Gasteiger partial charge in [0.2, 0.25) is 0 Å². The number of nitrogens with zero attached hydrogens (tertiary/aromatic N) is 1. The van der Waals surface area contributed by atoms with E-state index in [1.54, 1.807) is 18.2 Å². The summed E-state index contributed by atoms with van der Waals surface area (Å²) in [5.74, 6) is 0. The van der Waals surface area contributed by atoms with Crippen LogP contribution in [0.15, 0.2) is 328 Å². The zero-order valence-corrected chi connectivity index (χ0v) is 49.0. The van der Waals surface area contributed by atoms with Crippen LogP contribution in [0.5, 0.6) is 0 Å². The monoisotopic (exact) mass is 1120 g/mol. The number of nitrogen functional groups attached to an aromatic ring is 1. The van der Waals surface area contributed by atoms with Gasteiger partial charge in [-0.1, -0.05) is 303 Å². The highest BCUT2D eigenvalue weighted by atomic mass is 16.6. The highest BCUT2D eigenvalue weighted by Crippen LogP contribution is 2.52. The summed E-state index contributed by atoms with van der Waals surface area (Å²) in [5.41, 5.74) is 22.2. The Kier molecular flexibility index (Phi) is 16.7. The minimum absolute atomic E-state index is 0.0236. The van der Waals surface area contributed by atoms with Gasteiger partial charge in [0.1, 0.15) is 5.69 Å². The molecule has 0 atom stereocenters. The van der Waals surface area contributed by atoms with Crippen molar-refractivity contribution in [2.75, 3.05) is 16.4 Å². The molecule has 0 amide bonds. The first-order chi connectivity index (χ1) is 42.0. The van der Waals surface area contributed by atoms with Crippen molar-refractivity contribution in [3.63, 3.8) is 0 Å². The van der Waals surface area contributed by atoms with Crippen LogP contribution >= 0.6 is 0 Å². The van der Waals surface area contributed by atoms with E-state index >= 15 is 0 Å². The molecule has 0 spiro atoms. The average Bonchev–Trinajstić information content (AvgIpc) is 0.831. The van der Waals surface area contributed by atoms with Gasteiger partial charge in [-0.05, 0) is 113 Å². The molecule has 0 aliphatic rings. The lowest BCUT2D eigenvalue weighted by Crippen LogP contribution is -2.31. The van der Waals surface area contributed by atoms with Gasteiger partial charge >= 0.3 is 0 Å². The summed E-state index contributed by atoms with van der Waals surface area (Å²) in [7, 11) is 0. The summed E-state index contributed by atoms with van der Waals surface area (Å²) in [6.45, 7) is 9.14. The van der Waals surface area contributed by atoms with Gasteiger partial charge in [0.25, 0.3) is 5.69 Å². The van der Waals surface area contributed by atoms with E-state index in [-0.39, 0.29) is 10.6 Å². The zero-order valence-electron chi connectivity index (χ0n) is 49.0. The highest BCUT2D eigenvalue weighted by molar-refractivity contribution is 5.81. The smallest absolute Gasteiger partial charge is 0.292 e. The normalized spacial score (nSPS) is 11.6. The minimum Gasteiger partial charge on any atom is -0.397 e. The fourth-order valence-corrected chi connectivity index (χ4v) is 12.7. The number of nitro benzene ring substituents is 1. The quantitative estimate of drug-likeness (QED) is 0.0366. The fourth-order valence-electron chi connectivity index (χ4n) is 12.7. The molecule has 0 fully saturated rings. The molecule has 0 saturated heterocycles. The lowest BCUT2D eigenvalue weighted by atomic mass is 9.66. The molecular weight excluding hydrogens is 1050 g/mol. The largest absolute Gasteiger partial charge is 0.397 e. The van der Waals surface area contributed by atoms with E-state index in [1.165, 1.54) is 33.4 Å². The Morgan fingerprint density at radius 2 is 0.488 bits per heavy atom. The van der Waals surface area contributed by atoms with Crippen molar-refractivity contribution in [3.8, 4) is 0 Å². The van der Waals surface area contributed by atoms with Crippen LogP contribution in [0.2, 0.25) is 0 Å². The van der Waals surface area contributed by atoms with Crippen LogP contribution in [0.3, 0.4) is 0 Å². The molecule has 12 aromatic rings. The molecule has 0 unspecified atom stereocenters. The van der Waals surface area contributed by atoms with Crippen molar-refractivity contribution in [3.05, 3.63) is 404 Å². The SMILES string of the molecule is CC(c1ccccc1)(c1ccccc1)c1cccc(C(C)(c2ccccc2)c2ccccc2)c1Nc1ccccc1N.CC(c1ccccc1)(c1ccccc1)c1cccc(C(C)(c2ccccc2)c2ccccc2)c1Nc1ccccc1[N+](=O)[O-]. The van der Waals surface area contributed by atoms with E-state index in [0.29, 0.717) is 11.4 Å². The number of nitro groups is 1. The van der Waals surface area contributed by atoms with E-state index in [4.69, 9.17) is 5.73 Å². The third-order valence-corrected chi connectivity index (χ3v) is 17.7. The molecule has 0 bridgehead atoms. The lowest BCUT2D eigenvalue weighted by Gasteiger charge is -2.39. The van der Waals surface area contributed by atoms with Crippen LogP contribution in [0.4, 0.5) is 34.1 Å². The highest BCUT2D eigenvalue weighted by Gasteiger charge is 2.41. The topological polar surface area (TPSA) is 93.2 Å². The number of para-hydroxylation sites is 6. The summed E-state index contributed by atoms with van der Waals surface area (Å²) in [5, 5.41) is 19.7. The maximum atomic E-state index is 12.2. The molecule has 12 rings (SSSR count). The molecule has 6 nitrogen and oxygen atoms in total. The summed E-state index contributed by atoms with van der Waals surface area (Å²) in [6.07, 6.45) is 0. The maximum Gasteiger partial charge on any atom is 0.292 e. The van der Waals surface area contributed by atoms with Gasteiger partial charge in [-0.15, -0.1) is 0 Å². The van der Waals surface area contributed by atoms with Crippen molar-refractivity contribution in [2.24, 2.45) is 0 Å². The first kappa shape index (κ1) is 57.3. The van der Waals surface area contributed by atoms with Crippen molar-refractivity contribution < 1.29 is 4.92 Å². The minimum atomic E-state index is -0.599. The Hall–Kier alpha value is -10.6. The Labute approximate surface area is 506 Å². The van der Waals surface area contributed by atoms with Crippen LogP contribution in [-0.4, -0.2) is 4.92 Å². The van der Waals surface area contributed by atoms with Gasteiger partial charge in [0.15, 0.2) is 0 Å². The van der Waals surface area contributed by atoms with Crippen LogP contribution in [0.25, 0.3) is 0 Å².